The van der Waals surface area contributed by atoms with E-state index in [1.165, 1.54) is 6.07 Å². The summed E-state index contributed by atoms with van der Waals surface area (Å²) in [5.41, 5.74) is 13.4. The molecule has 1 fully saturated rings. The van der Waals surface area contributed by atoms with Crippen molar-refractivity contribution < 1.29 is 9.18 Å². The summed E-state index contributed by atoms with van der Waals surface area (Å²) in [7, 11) is 1.88. The number of thiocarbonyl (C=S) groups is 1. The molecule has 0 bridgehead atoms. The molecule has 1 saturated heterocycles. The Labute approximate surface area is 170 Å². The molecule has 1 heterocycles. The van der Waals surface area contributed by atoms with E-state index in [0.717, 1.165) is 11.3 Å². The summed E-state index contributed by atoms with van der Waals surface area (Å²) >= 11 is 4.96. The minimum absolute atomic E-state index is 0.0492. The lowest BCUT2D eigenvalue weighted by atomic mass is 10.0. The average Bonchev–Trinajstić information content (AvgIpc) is 2.63. The van der Waals surface area contributed by atoms with Crippen molar-refractivity contribution in [1.82, 2.24) is 10.2 Å². The van der Waals surface area contributed by atoms with Gasteiger partial charge in [0.2, 0.25) is 5.11 Å². The average molecular weight is 407 g/mol. The van der Waals surface area contributed by atoms with Gasteiger partial charge in [0, 0.05) is 44.5 Å². The summed E-state index contributed by atoms with van der Waals surface area (Å²) in [4.78, 5) is 19.6. The first-order valence-corrected chi connectivity index (χ1v) is 9.52. The van der Waals surface area contributed by atoms with E-state index in [2.05, 4.69) is 10.3 Å². The molecular formula is C19H27FN6OS. The van der Waals surface area contributed by atoms with Gasteiger partial charge in [-0.05, 0) is 50.2 Å². The van der Waals surface area contributed by atoms with Crippen LogP contribution >= 0.6 is 12.2 Å². The molecule has 152 valence electrons. The molecule has 0 aromatic heterocycles. The van der Waals surface area contributed by atoms with E-state index < -0.39 is 0 Å². The van der Waals surface area contributed by atoms with Crippen LogP contribution < -0.4 is 21.7 Å². The van der Waals surface area contributed by atoms with Crippen molar-refractivity contribution >= 4 is 41.0 Å². The van der Waals surface area contributed by atoms with Crippen LogP contribution in [0.5, 0.6) is 0 Å². The van der Waals surface area contributed by atoms with Crippen LogP contribution in [0.25, 0.3) is 6.08 Å². The fraction of sp³-hybridized carbons (Fsp3) is 0.421. The summed E-state index contributed by atoms with van der Waals surface area (Å²) in [6.07, 6.45) is 3.21. The number of amides is 2. The summed E-state index contributed by atoms with van der Waals surface area (Å²) in [5, 5.41) is 2.59. The molecule has 5 N–H and O–H groups in total. The number of nitrogens with one attached hydrogen (secondary N) is 1. The van der Waals surface area contributed by atoms with E-state index in [1.54, 1.807) is 17.9 Å². The van der Waals surface area contributed by atoms with E-state index in [-0.39, 0.29) is 22.8 Å². The number of halogens is 1. The molecule has 0 atom stereocenters. The Hall–Kier alpha value is -2.52. The van der Waals surface area contributed by atoms with Crippen LogP contribution in [0.2, 0.25) is 0 Å². The molecule has 1 aliphatic rings. The fourth-order valence-electron chi connectivity index (χ4n) is 2.91. The summed E-state index contributed by atoms with van der Waals surface area (Å²) in [6.45, 7) is 3.84. The van der Waals surface area contributed by atoms with Crippen molar-refractivity contribution in [3.63, 3.8) is 0 Å². The van der Waals surface area contributed by atoms with Gasteiger partial charge in [0.25, 0.3) is 0 Å². The predicted octanol–water partition coefficient (Wildman–Crippen LogP) is 2.07. The minimum atomic E-state index is -0.299. The van der Waals surface area contributed by atoms with Gasteiger partial charge in [-0.2, -0.15) is 0 Å². The number of carbonyl (C=O) groups is 1. The molecule has 0 unspecified atom stereocenters. The quantitative estimate of drug-likeness (QED) is 0.404. The summed E-state index contributed by atoms with van der Waals surface area (Å²) < 4.78 is 14.4. The third-order valence-corrected chi connectivity index (χ3v) is 4.63. The van der Waals surface area contributed by atoms with Crippen molar-refractivity contribution in [2.24, 2.45) is 16.5 Å². The zero-order chi connectivity index (χ0) is 20.7. The van der Waals surface area contributed by atoms with Crippen molar-refractivity contribution in [3.05, 3.63) is 35.2 Å². The zero-order valence-electron chi connectivity index (χ0n) is 16.2. The number of carbonyl (C=O) groups excluding carboxylic acids is 1. The third kappa shape index (κ3) is 6.28. The van der Waals surface area contributed by atoms with Crippen LogP contribution in [0.15, 0.2) is 28.8 Å². The van der Waals surface area contributed by atoms with Gasteiger partial charge in [-0.25, -0.2) is 14.2 Å². The number of rotatable bonds is 4. The number of amidine groups is 1. The van der Waals surface area contributed by atoms with E-state index >= 15 is 0 Å². The third-order valence-electron chi connectivity index (χ3n) is 4.43. The zero-order valence-corrected chi connectivity index (χ0v) is 17.1. The summed E-state index contributed by atoms with van der Waals surface area (Å²) in [6, 6.07) is 4.88. The highest BCUT2D eigenvalue weighted by atomic mass is 32.1. The number of aliphatic imine (C=N–C) groups is 1. The molecule has 7 nitrogen and oxygen atoms in total. The van der Waals surface area contributed by atoms with Gasteiger partial charge >= 0.3 is 6.03 Å². The SMILES string of the molecule is C/C(N)=N/C(=S)NC(=O)N1CCC(=Cc2ccc(N(C)CCN)cc2F)CC1. The normalized spacial score (nSPS) is 14.6. The van der Waals surface area contributed by atoms with Crippen molar-refractivity contribution in [2.45, 2.75) is 19.8 Å². The lowest BCUT2D eigenvalue weighted by Crippen LogP contribution is -2.44. The molecule has 0 spiro atoms. The lowest BCUT2D eigenvalue weighted by molar-refractivity contribution is 0.199. The maximum absolute atomic E-state index is 14.4. The molecule has 0 saturated carbocycles. The molecule has 0 radical (unpaired) electrons. The highest BCUT2D eigenvalue weighted by Crippen LogP contribution is 2.23. The molecular weight excluding hydrogens is 379 g/mol. The van der Waals surface area contributed by atoms with E-state index in [9.17, 15) is 9.18 Å². The number of likely N-dealkylation sites (tertiary alicyclic amines) is 1. The van der Waals surface area contributed by atoms with Gasteiger partial charge in [0.15, 0.2) is 0 Å². The van der Waals surface area contributed by atoms with Crippen molar-refractivity contribution in [2.75, 3.05) is 38.1 Å². The maximum Gasteiger partial charge on any atom is 0.323 e. The summed E-state index contributed by atoms with van der Waals surface area (Å²) in [5.74, 6) is 0.0193. The first-order valence-electron chi connectivity index (χ1n) is 9.11. The van der Waals surface area contributed by atoms with Crippen molar-refractivity contribution in [1.29, 1.82) is 0 Å². The highest BCUT2D eigenvalue weighted by molar-refractivity contribution is 7.80. The number of likely N-dealkylation sites (N-methyl/N-ethyl adjacent to an activating group) is 1. The Kier molecular flexibility index (Phi) is 7.89. The smallest absolute Gasteiger partial charge is 0.323 e. The van der Waals surface area contributed by atoms with E-state index in [4.69, 9.17) is 23.7 Å². The molecule has 2 amide bonds. The first-order chi connectivity index (χ1) is 13.3. The Bertz CT molecular complexity index is 781. The van der Waals surface area contributed by atoms with Crippen LogP contribution in [0.4, 0.5) is 14.9 Å². The van der Waals surface area contributed by atoms with Crippen LogP contribution in [0.1, 0.15) is 25.3 Å². The van der Waals surface area contributed by atoms with Gasteiger partial charge in [0.05, 0.1) is 5.84 Å². The molecule has 9 heteroatoms. The molecule has 1 aromatic carbocycles. The largest absolute Gasteiger partial charge is 0.387 e. The second-order valence-electron chi connectivity index (χ2n) is 6.69. The van der Waals surface area contributed by atoms with Gasteiger partial charge in [-0.15, -0.1) is 0 Å². The number of hydrogen-bond donors (Lipinski definition) is 3. The monoisotopic (exact) mass is 406 g/mol. The van der Waals surface area contributed by atoms with Gasteiger partial charge in [-0.3, -0.25) is 5.32 Å². The van der Waals surface area contributed by atoms with E-state index in [1.807, 2.05) is 24.1 Å². The topological polar surface area (TPSA) is 100.0 Å². The van der Waals surface area contributed by atoms with Crippen LogP contribution in [0.3, 0.4) is 0 Å². The van der Waals surface area contributed by atoms with E-state index in [0.29, 0.717) is 44.6 Å². The van der Waals surface area contributed by atoms with Crippen LogP contribution in [-0.2, 0) is 0 Å². The van der Waals surface area contributed by atoms with Gasteiger partial charge in [-0.1, -0.05) is 11.6 Å². The Morgan fingerprint density at radius 1 is 1.43 bits per heavy atom. The lowest BCUT2D eigenvalue weighted by Gasteiger charge is -2.28. The molecule has 2 rings (SSSR count). The number of nitrogens with two attached hydrogens (primary N) is 2. The second kappa shape index (κ2) is 10.1. The molecule has 1 aromatic rings. The first kappa shape index (κ1) is 21.8. The molecule has 0 aliphatic carbocycles. The second-order valence-corrected chi connectivity index (χ2v) is 7.08. The van der Waals surface area contributed by atoms with Crippen LogP contribution in [-0.4, -0.2) is 55.1 Å². The standard InChI is InChI=1S/C19H27FN6OS/c1-13(22)23-18(28)24-19(27)26-8-5-14(6-9-26)11-15-3-4-16(12-17(15)20)25(2)10-7-21/h3-4,11-12H,5-10,21H2,1-2H3,(H3,22,23,24,27,28). The molecule has 28 heavy (non-hydrogen) atoms. The molecule has 1 aliphatic heterocycles. The number of piperidine rings is 1. The minimum Gasteiger partial charge on any atom is -0.387 e. The number of benzene rings is 1. The maximum atomic E-state index is 14.4. The fourth-order valence-corrected chi connectivity index (χ4v) is 3.14. The highest BCUT2D eigenvalue weighted by Gasteiger charge is 2.20. The van der Waals surface area contributed by atoms with Gasteiger partial charge < -0.3 is 21.3 Å². The predicted molar refractivity (Wildman–Crippen MR) is 116 cm³/mol. The number of nitrogens with zero attached hydrogens (tertiary/aromatic N) is 3. The Morgan fingerprint density at radius 2 is 2.11 bits per heavy atom. The number of anilines is 1. The van der Waals surface area contributed by atoms with Crippen molar-refractivity contribution in [3.8, 4) is 0 Å². The number of urea groups is 1. The van der Waals surface area contributed by atoms with Crippen LogP contribution in [0, 0.1) is 5.82 Å². The number of hydrogen-bond acceptors (Lipinski definition) is 4. The Balaban J connectivity index is 1.95. The van der Waals surface area contributed by atoms with Gasteiger partial charge in [0.1, 0.15) is 5.82 Å². The Morgan fingerprint density at radius 3 is 2.68 bits per heavy atom.